The third-order valence-electron chi connectivity index (χ3n) is 4.34. The highest BCUT2D eigenvalue weighted by molar-refractivity contribution is 6.39. The molecule has 0 bridgehead atoms. The van der Waals surface area contributed by atoms with Crippen molar-refractivity contribution in [2.24, 2.45) is 0 Å². The molecular formula is C24H25AlO4. The molecule has 0 saturated heterocycles. The highest BCUT2D eigenvalue weighted by Gasteiger charge is 2.44. The van der Waals surface area contributed by atoms with Gasteiger partial charge in [-0.2, -0.15) is 0 Å². The van der Waals surface area contributed by atoms with Crippen LogP contribution in [0, 0.1) is 0 Å². The molecule has 5 heteroatoms. The monoisotopic (exact) mass is 404 g/mol. The molecular weight excluding hydrogens is 379 g/mol. The molecule has 0 spiro atoms. The molecule has 0 aliphatic heterocycles. The first-order valence-corrected chi connectivity index (χ1v) is 11.4. The molecule has 3 aromatic carbocycles. The van der Waals surface area contributed by atoms with Crippen LogP contribution in [0.1, 0.15) is 32.1 Å². The van der Waals surface area contributed by atoms with Crippen molar-refractivity contribution in [3.63, 3.8) is 0 Å². The van der Waals surface area contributed by atoms with Crippen LogP contribution >= 0.6 is 0 Å². The maximum absolute atomic E-state index is 10.5. The van der Waals surface area contributed by atoms with E-state index in [4.69, 9.17) is 11.4 Å². The zero-order valence-corrected chi connectivity index (χ0v) is 17.6. The first-order valence-electron chi connectivity index (χ1n) is 9.96. The van der Waals surface area contributed by atoms with Gasteiger partial charge in [-0.1, -0.05) is 61.0 Å². The van der Waals surface area contributed by atoms with Crippen LogP contribution in [-0.2, 0) is 4.79 Å². The topological polar surface area (TPSA) is 44.8 Å². The lowest BCUT2D eigenvalue weighted by atomic mass is 10.00. The summed E-state index contributed by atoms with van der Waals surface area (Å²) < 4.78 is 17.8. The van der Waals surface area contributed by atoms with Crippen molar-refractivity contribution in [1.82, 2.24) is 0 Å². The first kappa shape index (κ1) is 21.0. The minimum atomic E-state index is -2.41. The van der Waals surface area contributed by atoms with Gasteiger partial charge in [0, 0.05) is 12.8 Å². The van der Waals surface area contributed by atoms with E-state index in [1.165, 1.54) is 6.42 Å². The minimum Gasteiger partial charge on any atom is -0.577 e. The van der Waals surface area contributed by atoms with Gasteiger partial charge in [0.1, 0.15) is 5.78 Å². The molecule has 3 aromatic rings. The number of para-hydroxylation sites is 3. The van der Waals surface area contributed by atoms with Crippen LogP contribution in [0.25, 0.3) is 0 Å². The van der Waals surface area contributed by atoms with E-state index in [1.54, 1.807) is 0 Å². The summed E-state index contributed by atoms with van der Waals surface area (Å²) in [6.07, 6.45) is 5.24. The quantitative estimate of drug-likeness (QED) is 0.492. The Kier molecular flexibility index (Phi) is 8.65. The lowest BCUT2D eigenvalue weighted by molar-refractivity contribution is -0.120. The summed E-state index contributed by atoms with van der Waals surface area (Å²) >= 11 is -2.41. The van der Waals surface area contributed by atoms with Crippen LogP contribution in [0.4, 0.5) is 0 Å². The molecule has 4 rings (SSSR count). The smallest absolute Gasteiger partial charge is 0.577 e. The molecule has 0 amide bonds. The van der Waals surface area contributed by atoms with Crippen molar-refractivity contribution in [3.05, 3.63) is 91.0 Å². The van der Waals surface area contributed by atoms with Crippen LogP contribution < -0.4 is 11.4 Å². The van der Waals surface area contributed by atoms with Crippen molar-refractivity contribution < 1.29 is 16.2 Å². The van der Waals surface area contributed by atoms with Crippen molar-refractivity contribution in [2.45, 2.75) is 32.1 Å². The second-order valence-corrected chi connectivity index (χ2v) is 7.97. The Morgan fingerprint density at radius 2 is 0.862 bits per heavy atom. The molecule has 1 aliphatic carbocycles. The molecule has 0 radical (unpaired) electrons. The Morgan fingerprint density at radius 1 is 0.517 bits per heavy atom. The van der Waals surface area contributed by atoms with E-state index >= 15 is 0 Å². The number of benzene rings is 3. The van der Waals surface area contributed by atoms with Gasteiger partial charge in [-0.15, -0.1) is 0 Å². The van der Waals surface area contributed by atoms with Crippen LogP contribution in [0.15, 0.2) is 91.0 Å². The van der Waals surface area contributed by atoms with Gasteiger partial charge in [-0.3, -0.25) is 4.79 Å². The predicted molar refractivity (Wildman–Crippen MR) is 115 cm³/mol. The largest absolute Gasteiger partial charge is 1.20 e. The maximum atomic E-state index is 10.5. The Hall–Kier alpha value is -2.74. The van der Waals surface area contributed by atoms with Crippen LogP contribution in [0.5, 0.6) is 17.2 Å². The fourth-order valence-corrected chi connectivity index (χ4v) is 4.13. The number of hydrogen-bond donors (Lipinski definition) is 0. The average Bonchev–Trinajstić information content (AvgIpc) is 2.77. The molecule has 1 fully saturated rings. The third kappa shape index (κ3) is 8.03. The average molecular weight is 404 g/mol. The van der Waals surface area contributed by atoms with Crippen molar-refractivity contribution >= 4 is 20.9 Å². The highest BCUT2D eigenvalue weighted by Crippen LogP contribution is 2.17. The first-order chi connectivity index (χ1) is 14.3. The summed E-state index contributed by atoms with van der Waals surface area (Å²) in [5.41, 5.74) is 0. The van der Waals surface area contributed by atoms with Gasteiger partial charge in [0.2, 0.25) is 0 Å². The van der Waals surface area contributed by atoms with Gasteiger partial charge in [-0.25, -0.2) is 0 Å². The summed E-state index contributed by atoms with van der Waals surface area (Å²) in [6, 6.07) is 28.7. The van der Waals surface area contributed by atoms with Crippen LogP contribution in [-0.4, -0.2) is 20.9 Å². The van der Waals surface area contributed by atoms with Crippen molar-refractivity contribution in [1.29, 1.82) is 0 Å². The summed E-state index contributed by atoms with van der Waals surface area (Å²) in [6.45, 7) is 0. The van der Waals surface area contributed by atoms with Gasteiger partial charge in [0.25, 0.3) is 0 Å². The van der Waals surface area contributed by atoms with E-state index in [0.29, 0.717) is 5.78 Å². The Morgan fingerprint density at radius 3 is 1.14 bits per heavy atom. The van der Waals surface area contributed by atoms with Crippen molar-refractivity contribution in [3.8, 4) is 17.2 Å². The van der Waals surface area contributed by atoms with E-state index in [9.17, 15) is 4.79 Å². The van der Waals surface area contributed by atoms with E-state index in [-0.39, 0.29) is 0 Å². The lowest BCUT2D eigenvalue weighted by Crippen LogP contribution is -2.36. The summed E-state index contributed by atoms with van der Waals surface area (Å²) in [4.78, 5) is 10.5. The molecule has 0 heterocycles. The van der Waals surface area contributed by atoms with Crippen molar-refractivity contribution in [2.75, 3.05) is 0 Å². The number of carbonyl (C=O) groups is 1. The van der Waals surface area contributed by atoms with E-state index in [1.807, 2.05) is 91.0 Å². The molecule has 0 unspecified atom stereocenters. The molecule has 0 aromatic heterocycles. The lowest BCUT2D eigenvalue weighted by Gasteiger charge is -2.16. The Balaban J connectivity index is 0.000000290. The van der Waals surface area contributed by atoms with Gasteiger partial charge in [-0.05, 0) is 49.2 Å². The molecule has 0 atom stereocenters. The Bertz CT molecular complexity index is 734. The number of Topliss-reactive ketones (excluding diaryl/α,β-unsaturated/α-hetero) is 1. The second kappa shape index (κ2) is 12.0. The summed E-state index contributed by atoms with van der Waals surface area (Å²) in [7, 11) is 0. The molecule has 4 nitrogen and oxygen atoms in total. The minimum absolute atomic E-state index is 0.464. The third-order valence-corrected chi connectivity index (χ3v) is 5.73. The second-order valence-electron chi connectivity index (χ2n) is 6.68. The predicted octanol–water partition coefficient (Wildman–Crippen LogP) is 5.73. The maximum Gasteiger partial charge on any atom is 1.20 e. The molecule has 1 saturated carbocycles. The molecule has 148 valence electrons. The fourth-order valence-electron chi connectivity index (χ4n) is 2.85. The van der Waals surface area contributed by atoms with Gasteiger partial charge in [0.05, 0.1) is 17.2 Å². The number of carbonyl (C=O) groups excluding carboxylic acids is 1. The number of ketones is 1. The van der Waals surface area contributed by atoms with E-state index < -0.39 is 15.1 Å². The number of hydrogen-bond acceptors (Lipinski definition) is 4. The SMILES string of the molecule is O=C1CCCCC1.c1ccc([O][Al]([O]c2ccccc2)[O]c2ccccc2)cc1. The molecule has 29 heavy (non-hydrogen) atoms. The van der Waals surface area contributed by atoms with Gasteiger partial charge >= 0.3 is 15.1 Å². The van der Waals surface area contributed by atoms with Crippen LogP contribution in [0.2, 0.25) is 0 Å². The standard InChI is InChI=1S/C6H10O.3C6H6O.Al/c4*7-6-4-2-1-3-5-6;/h1-5H2;3*1-5,7H;/q;;;;+3/p-3. The summed E-state index contributed by atoms with van der Waals surface area (Å²) in [5, 5.41) is 0. The zero-order valence-electron chi connectivity index (χ0n) is 16.4. The molecule has 0 N–H and O–H groups in total. The van der Waals surface area contributed by atoms with Crippen LogP contribution in [0.3, 0.4) is 0 Å². The Labute approximate surface area is 177 Å². The number of rotatable bonds is 6. The summed E-state index contributed by atoms with van der Waals surface area (Å²) in [5.74, 6) is 2.69. The normalized spacial score (nSPS) is 12.9. The van der Waals surface area contributed by atoms with E-state index in [2.05, 4.69) is 0 Å². The highest BCUT2D eigenvalue weighted by atomic mass is 27.3. The fraction of sp³-hybridized carbons (Fsp3) is 0.208. The van der Waals surface area contributed by atoms with E-state index in [0.717, 1.165) is 42.9 Å². The zero-order chi connectivity index (χ0) is 20.2. The van der Waals surface area contributed by atoms with Gasteiger partial charge < -0.3 is 11.4 Å². The van der Waals surface area contributed by atoms with Gasteiger partial charge in [0.15, 0.2) is 0 Å². The molecule has 1 aliphatic rings.